The van der Waals surface area contributed by atoms with Crippen LogP contribution >= 0.6 is 11.3 Å². The molecule has 1 aromatic heterocycles. The molecule has 0 N–H and O–H groups in total. The minimum absolute atomic E-state index is 0. The van der Waals surface area contributed by atoms with Crippen molar-refractivity contribution in [3.05, 3.63) is 44.5 Å². The molecule has 5 nitrogen and oxygen atoms in total. The van der Waals surface area contributed by atoms with E-state index in [2.05, 4.69) is 19.9 Å². The Morgan fingerprint density at radius 2 is 1.80 bits per heavy atom. The molecule has 0 fully saturated rings. The van der Waals surface area contributed by atoms with Gasteiger partial charge in [0.1, 0.15) is 19.3 Å². The summed E-state index contributed by atoms with van der Waals surface area (Å²) in [7, 11) is -4.36. The van der Waals surface area contributed by atoms with Crippen molar-refractivity contribution in [2.24, 2.45) is 5.92 Å². The maximum absolute atomic E-state index is 10.6. The van der Waals surface area contributed by atoms with Crippen molar-refractivity contribution in [2.75, 3.05) is 13.2 Å². The maximum atomic E-state index is 10.6. The van der Waals surface area contributed by atoms with Gasteiger partial charge in [0.2, 0.25) is 4.91 Å². The molecule has 1 unspecified atom stereocenters. The molecule has 0 saturated carbocycles. The number of rotatable bonds is 3. The molecule has 136 valence electrons. The topological polar surface area (TPSA) is 75.7 Å². The van der Waals surface area contributed by atoms with Crippen LogP contribution in [0.15, 0.2) is 28.7 Å². The van der Waals surface area contributed by atoms with Crippen LogP contribution < -0.4 is 9.47 Å². The molecule has 0 saturated heterocycles. The van der Waals surface area contributed by atoms with Gasteiger partial charge in [0.25, 0.3) is 0 Å². The molecule has 2 heterocycles. The normalized spacial score (nSPS) is 16.8. The second-order valence-corrected chi connectivity index (χ2v) is 8.60. The Morgan fingerprint density at radius 1 is 1.24 bits per heavy atom. The van der Waals surface area contributed by atoms with Crippen molar-refractivity contribution >= 4 is 21.5 Å². The van der Waals surface area contributed by atoms with Crippen LogP contribution in [0.25, 0.3) is 0 Å². The lowest BCUT2D eigenvalue weighted by Crippen LogP contribution is -2.14. The molecular formula is C18H23O5S2+. The van der Waals surface area contributed by atoms with Crippen LogP contribution in [-0.2, 0) is 10.1 Å². The second-order valence-electron chi connectivity index (χ2n) is 5.82. The number of hydrogen-bond donors (Lipinski definition) is 0. The van der Waals surface area contributed by atoms with Crippen LogP contribution in [0.4, 0.5) is 0 Å². The first kappa shape index (κ1) is 19.7. The van der Waals surface area contributed by atoms with Gasteiger partial charge in [0, 0.05) is 15.7 Å². The number of ether oxygens (including phenoxy) is 2. The third kappa shape index (κ3) is 4.92. The van der Waals surface area contributed by atoms with Crippen molar-refractivity contribution in [1.82, 2.24) is 0 Å². The number of thiophene rings is 1. The summed E-state index contributed by atoms with van der Waals surface area (Å²) in [5.74, 6) is 2.27. The molecule has 25 heavy (non-hydrogen) atoms. The average Bonchev–Trinajstić information content (AvgIpc) is 2.89. The maximum Gasteiger partial charge on any atom is 1.00 e. The Kier molecular flexibility index (Phi) is 6.41. The van der Waals surface area contributed by atoms with Crippen molar-refractivity contribution in [1.29, 1.82) is 0 Å². The van der Waals surface area contributed by atoms with E-state index < -0.39 is 10.1 Å². The summed E-state index contributed by atoms with van der Waals surface area (Å²) in [6.45, 7) is 9.57. The summed E-state index contributed by atoms with van der Waals surface area (Å²) in [4.78, 5) is 2.15. The van der Waals surface area contributed by atoms with Gasteiger partial charge in [-0.05, 0) is 27.2 Å². The summed E-state index contributed by atoms with van der Waals surface area (Å²) >= 11 is 1.74. The first-order valence-electron chi connectivity index (χ1n) is 8.07. The highest BCUT2D eigenvalue weighted by atomic mass is 32.2. The molecule has 1 aliphatic carbocycles. The monoisotopic (exact) mass is 383 g/mol. The van der Waals surface area contributed by atoms with Gasteiger partial charge in [-0.1, -0.05) is 6.92 Å². The van der Waals surface area contributed by atoms with Gasteiger partial charge in [0.15, 0.2) is 21.6 Å². The van der Waals surface area contributed by atoms with Gasteiger partial charge in [-0.15, -0.1) is 11.3 Å². The van der Waals surface area contributed by atoms with E-state index >= 15 is 0 Å². The lowest BCUT2D eigenvalue weighted by atomic mass is 9.96. The standard InChI is InChI=1S/C10H12O3S.C8H10O2S/c1-3-8(2)9-4-6-10(7-5-9)14(11,12)13;1-5-7-8(6(2)11-5)10-4-3-9-7/h4-6,8H,3H2,1-2H3;3-4H2,1-2H3/p+1. The Hall–Kier alpha value is -1.66. The Labute approximate surface area is 154 Å². The van der Waals surface area contributed by atoms with Crippen LogP contribution in [0, 0.1) is 25.8 Å². The smallest absolute Gasteiger partial charge is 0.742 e. The van der Waals surface area contributed by atoms with Crippen molar-refractivity contribution in [2.45, 2.75) is 34.1 Å². The van der Waals surface area contributed by atoms with Crippen LogP contribution in [0.3, 0.4) is 0 Å². The van der Waals surface area contributed by atoms with Crippen molar-refractivity contribution in [3.63, 3.8) is 0 Å². The zero-order valence-electron chi connectivity index (χ0n) is 15.8. The highest BCUT2D eigenvalue weighted by Gasteiger charge is 2.19. The van der Waals surface area contributed by atoms with E-state index in [1.54, 1.807) is 23.5 Å². The Morgan fingerprint density at radius 3 is 2.20 bits per heavy atom. The van der Waals surface area contributed by atoms with E-state index in [0.717, 1.165) is 23.5 Å². The van der Waals surface area contributed by atoms with E-state index in [1.807, 2.05) is 13.8 Å². The molecule has 0 radical (unpaired) electrons. The van der Waals surface area contributed by atoms with E-state index in [-0.39, 0.29) is 6.33 Å². The zero-order valence-corrected chi connectivity index (χ0v) is 16.4. The van der Waals surface area contributed by atoms with Gasteiger partial charge in [-0.25, -0.2) is 8.42 Å². The molecule has 1 atom stereocenters. The van der Waals surface area contributed by atoms with E-state index in [4.69, 9.17) is 9.47 Å². The molecule has 0 spiro atoms. The van der Waals surface area contributed by atoms with Gasteiger partial charge in [-0.2, -0.15) is 0 Å². The quantitative estimate of drug-likeness (QED) is 0.582. The fraction of sp³-hybridized carbons (Fsp3) is 0.444. The first-order valence-corrected chi connectivity index (χ1v) is 10.3. The number of allylic oxidation sites excluding steroid dienone is 5. The van der Waals surface area contributed by atoms with E-state index in [1.165, 1.54) is 15.8 Å². The summed E-state index contributed by atoms with van der Waals surface area (Å²) in [5, 5.41) is 0. The van der Waals surface area contributed by atoms with Crippen LogP contribution in [0.1, 0.15) is 31.4 Å². The fourth-order valence-electron chi connectivity index (χ4n) is 2.38. The molecule has 1 aromatic rings. The SMILES string of the molecule is CCC(C)C1=C[C+]=C(S(=O)(=O)[O-])C=C1.Cc1sc(C)c2c1OCCO2.[H+]. The molecule has 7 heteroatoms. The lowest BCUT2D eigenvalue weighted by molar-refractivity contribution is 0.171. The molecule has 1 aliphatic heterocycles. The Bertz CT molecular complexity index is 792. The van der Waals surface area contributed by atoms with Gasteiger partial charge in [-0.3, -0.25) is 0 Å². The van der Waals surface area contributed by atoms with Gasteiger partial charge < -0.3 is 14.0 Å². The average molecular weight is 384 g/mol. The zero-order chi connectivity index (χ0) is 18.6. The molecule has 3 rings (SSSR count). The van der Waals surface area contributed by atoms with E-state index in [9.17, 15) is 13.0 Å². The highest BCUT2D eigenvalue weighted by Crippen LogP contribution is 2.42. The van der Waals surface area contributed by atoms with Crippen LogP contribution in [-0.4, -0.2) is 26.2 Å². The van der Waals surface area contributed by atoms with Gasteiger partial charge in [0.05, 0.1) is 23.8 Å². The van der Waals surface area contributed by atoms with Crippen molar-refractivity contribution in [3.8, 4) is 11.5 Å². The first-order chi connectivity index (χ1) is 11.7. The van der Waals surface area contributed by atoms with Crippen molar-refractivity contribution < 1.29 is 23.9 Å². The second kappa shape index (κ2) is 8.15. The largest absolute Gasteiger partial charge is 1.00 e. The number of hydrogen-bond acceptors (Lipinski definition) is 6. The molecular weight excluding hydrogens is 360 g/mol. The lowest BCUT2D eigenvalue weighted by Gasteiger charge is -2.15. The predicted octanol–water partition coefficient (Wildman–Crippen LogP) is 4.01. The molecule has 0 bridgehead atoms. The Balaban J connectivity index is 0.000000256. The third-order valence-electron chi connectivity index (χ3n) is 3.99. The third-order valence-corrected chi connectivity index (χ3v) is 5.76. The summed E-state index contributed by atoms with van der Waals surface area (Å²) in [5.41, 5.74) is 1.000. The van der Waals surface area contributed by atoms with E-state index in [0.29, 0.717) is 19.1 Å². The predicted molar refractivity (Wildman–Crippen MR) is 99.0 cm³/mol. The molecule has 0 amide bonds. The summed E-state index contributed by atoms with van der Waals surface area (Å²) < 4.78 is 42.7. The highest BCUT2D eigenvalue weighted by molar-refractivity contribution is 7.89. The number of aryl methyl sites for hydroxylation is 2. The molecule has 2 aliphatic rings. The summed E-state index contributed by atoms with van der Waals surface area (Å²) in [6, 6.07) is 0. The minimum Gasteiger partial charge on any atom is -0.742 e. The van der Waals surface area contributed by atoms with Crippen LogP contribution in [0.2, 0.25) is 0 Å². The summed E-state index contributed by atoms with van der Waals surface area (Å²) in [6.07, 6.45) is 8.00. The van der Waals surface area contributed by atoms with Crippen LogP contribution in [0.5, 0.6) is 11.5 Å². The minimum atomic E-state index is -4.36. The molecule has 0 aromatic carbocycles. The fourth-order valence-corrected chi connectivity index (χ4v) is 3.77. The number of fused-ring (bicyclic) bond motifs is 1. The van der Waals surface area contributed by atoms with Gasteiger partial charge >= 0.3 is 1.43 Å².